The van der Waals surface area contributed by atoms with Crippen LogP contribution in [0.2, 0.25) is 0 Å². The number of rotatable bonds is 6. The number of para-hydroxylation sites is 1. The molecule has 2 heterocycles. The molecule has 0 saturated carbocycles. The van der Waals surface area contributed by atoms with Crippen LogP contribution >= 0.6 is 0 Å². The van der Waals surface area contributed by atoms with E-state index in [9.17, 15) is 8.42 Å². The minimum atomic E-state index is -3.38. The topological polar surface area (TPSA) is 65.7 Å². The van der Waals surface area contributed by atoms with Crippen molar-refractivity contribution >= 4 is 20.7 Å². The van der Waals surface area contributed by atoms with Crippen LogP contribution in [-0.4, -0.2) is 24.6 Å². The summed E-state index contributed by atoms with van der Waals surface area (Å²) in [6, 6.07) is 13.6. The van der Waals surface area contributed by atoms with Gasteiger partial charge in [0.1, 0.15) is 0 Å². The molecule has 4 nitrogen and oxygen atoms in total. The first-order valence-electron chi connectivity index (χ1n) is 7.91. The molecule has 1 atom stereocenters. The van der Waals surface area contributed by atoms with Gasteiger partial charge in [-0.05, 0) is 36.1 Å². The molecular weight excluding hydrogens is 308 g/mol. The first-order valence-corrected chi connectivity index (χ1v) is 9.80. The van der Waals surface area contributed by atoms with Crippen molar-refractivity contribution in [1.82, 2.24) is 9.97 Å². The highest BCUT2D eigenvalue weighted by Crippen LogP contribution is 2.41. The Bertz CT molecular complexity index is 861. The molecule has 2 N–H and O–H groups in total. The summed E-state index contributed by atoms with van der Waals surface area (Å²) in [5.41, 5.74) is 2.41. The van der Waals surface area contributed by atoms with E-state index < -0.39 is 14.6 Å². The SMILES string of the molecule is CCCCC(c1ccc[nH]1)(c1cc2ccccc2[nH]1)S(C)(=O)=O. The van der Waals surface area contributed by atoms with Gasteiger partial charge in [-0.1, -0.05) is 38.0 Å². The molecule has 0 spiro atoms. The maximum absolute atomic E-state index is 12.9. The van der Waals surface area contributed by atoms with Gasteiger partial charge in [0.25, 0.3) is 0 Å². The normalized spacial score (nSPS) is 14.9. The van der Waals surface area contributed by atoms with Gasteiger partial charge in [-0.2, -0.15) is 0 Å². The molecule has 0 saturated heterocycles. The van der Waals surface area contributed by atoms with Crippen LogP contribution in [0.15, 0.2) is 48.7 Å². The molecule has 0 aliphatic carbocycles. The van der Waals surface area contributed by atoms with E-state index >= 15 is 0 Å². The highest BCUT2D eigenvalue weighted by molar-refractivity contribution is 7.91. The van der Waals surface area contributed by atoms with Crippen molar-refractivity contribution in [2.45, 2.75) is 30.9 Å². The van der Waals surface area contributed by atoms with Crippen LogP contribution in [0.3, 0.4) is 0 Å². The fourth-order valence-corrected chi connectivity index (χ4v) is 4.85. The highest BCUT2D eigenvalue weighted by Gasteiger charge is 2.45. The largest absolute Gasteiger partial charge is 0.363 e. The lowest BCUT2D eigenvalue weighted by Crippen LogP contribution is -2.37. The molecule has 0 aliphatic heterocycles. The summed E-state index contributed by atoms with van der Waals surface area (Å²) in [6.45, 7) is 2.08. The number of hydrogen-bond acceptors (Lipinski definition) is 2. The average Bonchev–Trinajstić information content (AvgIpc) is 3.16. The third-order valence-electron chi connectivity index (χ3n) is 4.51. The van der Waals surface area contributed by atoms with Gasteiger partial charge >= 0.3 is 0 Å². The van der Waals surface area contributed by atoms with Gasteiger partial charge in [-0.15, -0.1) is 0 Å². The Balaban J connectivity index is 2.29. The van der Waals surface area contributed by atoms with Crippen LogP contribution in [0.25, 0.3) is 10.9 Å². The Morgan fingerprint density at radius 3 is 2.48 bits per heavy atom. The number of aromatic nitrogens is 2. The zero-order chi connectivity index (χ0) is 16.5. The second kappa shape index (κ2) is 5.89. The van der Waals surface area contributed by atoms with Crippen molar-refractivity contribution in [3.05, 3.63) is 60.0 Å². The van der Waals surface area contributed by atoms with E-state index in [1.54, 1.807) is 6.20 Å². The average molecular weight is 330 g/mol. The molecule has 1 unspecified atom stereocenters. The van der Waals surface area contributed by atoms with E-state index in [1.165, 1.54) is 6.26 Å². The van der Waals surface area contributed by atoms with Crippen LogP contribution in [0.1, 0.15) is 37.6 Å². The predicted molar refractivity (Wildman–Crippen MR) is 94.2 cm³/mol. The quantitative estimate of drug-likeness (QED) is 0.718. The Hall–Kier alpha value is -2.01. The molecule has 0 radical (unpaired) electrons. The van der Waals surface area contributed by atoms with Crippen LogP contribution in [0.4, 0.5) is 0 Å². The smallest absolute Gasteiger partial charge is 0.164 e. The third-order valence-corrected chi connectivity index (χ3v) is 6.42. The van der Waals surface area contributed by atoms with Gasteiger partial charge in [0.15, 0.2) is 14.6 Å². The molecule has 0 aliphatic rings. The van der Waals surface area contributed by atoms with E-state index in [0.29, 0.717) is 6.42 Å². The minimum absolute atomic E-state index is 0.551. The lowest BCUT2D eigenvalue weighted by atomic mass is 9.93. The molecule has 3 aromatic rings. The predicted octanol–water partition coefficient (Wildman–Crippen LogP) is 3.97. The molecule has 0 amide bonds. The lowest BCUT2D eigenvalue weighted by Gasteiger charge is -2.30. The van der Waals surface area contributed by atoms with Gasteiger partial charge in [0.2, 0.25) is 0 Å². The van der Waals surface area contributed by atoms with Gasteiger partial charge in [0, 0.05) is 29.4 Å². The summed E-state index contributed by atoms with van der Waals surface area (Å²) in [4.78, 5) is 6.48. The summed E-state index contributed by atoms with van der Waals surface area (Å²) >= 11 is 0. The van der Waals surface area contributed by atoms with Crippen molar-refractivity contribution < 1.29 is 8.42 Å². The van der Waals surface area contributed by atoms with Gasteiger partial charge in [-0.3, -0.25) is 0 Å². The standard InChI is InChI=1S/C18H22N2O2S/c1-3-4-11-18(23(2,21)22,16-10-7-12-19-16)17-13-14-8-5-6-9-15(14)20-17/h5-10,12-13,19-20H,3-4,11H2,1-2H3. The molecule has 23 heavy (non-hydrogen) atoms. The number of unbranched alkanes of at least 4 members (excludes halogenated alkanes) is 1. The van der Waals surface area contributed by atoms with E-state index in [0.717, 1.165) is 35.1 Å². The van der Waals surface area contributed by atoms with Crippen molar-refractivity contribution in [2.24, 2.45) is 0 Å². The lowest BCUT2D eigenvalue weighted by molar-refractivity contribution is 0.515. The van der Waals surface area contributed by atoms with Crippen LogP contribution < -0.4 is 0 Å². The Labute approximate surface area is 136 Å². The fraction of sp³-hybridized carbons (Fsp3) is 0.333. The molecule has 0 fully saturated rings. The van der Waals surface area contributed by atoms with Crippen molar-refractivity contribution in [3.63, 3.8) is 0 Å². The van der Waals surface area contributed by atoms with Gasteiger partial charge in [-0.25, -0.2) is 8.42 Å². The number of nitrogens with one attached hydrogen (secondary N) is 2. The number of sulfone groups is 1. The number of fused-ring (bicyclic) bond motifs is 1. The third kappa shape index (κ3) is 2.59. The summed E-state index contributed by atoms with van der Waals surface area (Å²) < 4.78 is 24.7. The second-order valence-corrected chi connectivity index (χ2v) is 8.30. The van der Waals surface area contributed by atoms with Gasteiger partial charge in [0.05, 0.1) is 0 Å². The summed E-state index contributed by atoms with van der Waals surface area (Å²) in [5, 5.41) is 1.03. The van der Waals surface area contributed by atoms with Gasteiger partial charge < -0.3 is 9.97 Å². The first-order chi connectivity index (χ1) is 11.0. The van der Waals surface area contributed by atoms with Crippen LogP contribution in [-0.2, 0) is 14.6 Å². The van der Waals surface area contributed by atoms with E-state index in [-0.39, 0.29) is 0 Å². The molecule has 2 aromatic heterocycles. The zero-order valence-corrected chi connectivity index (χ0v) is 14.3. The van der Waals surface area contributed by atoms with Crippen molar-refractivity contribution in [1.29, 1.82) is 0 Å². The Morgan fingerprint density at radius 2 is 1.87 bits per heavy atom. The van der Waals surface area contributed by atoms with Crippen LogP contribution in [0, 0.1) is 0 Å². The number of benzene rings is 1. The van der Waals surface area contributed by atoms with E-state index in [4.69, 9.17) is 0 Å². The number of aromatic amines is 2. The fourth-order valence-electron chi connectivity index (χ4n) is 3.30. The number of hydrogen-bond donors (Lipinski definition) is 2. The Morgan fingerprint density at radius 1 is 1.09 bits per heavy atom. The highest BCUT2D eigenvalue weighted by atomic mass is 32.2. The summed E-state index contributed by atoms with van der Waals surface area (Å²) in [5.74, 6) is 0. The van der Waals surface area contributed by atoms with Crippen LogP contribution in [0.5, 0.6) is 0 Å². The molecular formula is C18H22N2O2S. The second-order valence-electron chi connectivity index (χ2n) is 6.06. The summed E-state index contributed by atoms with van der Waals surface area (Å²) in [6.07, 6.45) is 5.44. The van der Waals surface area contributed by atoms with E-state index in [2.05, 4.69) is 16.9 Å². The monoisotopic (exact) mass is 330 g/mol. The maximum Gasteiger partial charge on any atom is 0.164 e. The summed E-state index contributed by atoms with van der Waals surface area (Å²) in [7, 11) is -3.38. The van der Waals surface area contributed by atoms with Crippen molar-refractivity contribution in [2.75, 3.05) is 6.26 Å². The Kier molecular flexibility index (Phi) is 4.06. The van der Waals surface area contributed by atoms with E-state index in [1.807, 2.05) is 42.5 Å². The zero-order valence-electron chi connectivity index (χ0n) is 13.5. The first kappa shape index (κ1) is 15.9. The maximum atomic E-state index is 12.9. The molecule has 5 heteroatoms. The molecule has 3 rings (SSSR count). The van der Waals surface area contributed by atoms with Crippen molar-refractivity contribution in [3.8, 4) is 0 Å². The molecule has 1 aromatic carbocycles. The minimum Gasteiger partial charge on any atom is -0.363 e. The number of H-pyrrole nitrogens is 2. The molecule has 122 valence electrons. The molecule has 0 bridgehead atoms.